The Bertz CT molecular complexity index is 462. The molecule has 1 fully saturated rings. The number of hydrogen-bond acceptors (Lipinski definition) is 2. The number of carbonyl (C=O) groups is 1. The van der Waals surface area contributed by atoms with Crippen molar-refractivity contribution in [3.63, 3.8) is 0 Å². The van der Waals surface area contributed by atoms with Crippen molar-refractivity contribution in [3.05, 3.63) is 27.8 Å². The van der Waals surface area contributed by atoms with Crippen LogP contribution in [0.1, 0.15) is 41.3 Å². The van der Waals surface area contributed by atoms with Crippen LogP contribution in [0.3, 0.4) is 0 Å². The maximum atomic E-state index is 12.2. The van der Waals surface area contributed by atoms with Crippen LogP contribution in [-0.2, 0) is 0 Å². The number of benzene rings is 1. The van der Waals surface area contributed by atoms with Crippen LogP contribution in [0.5, 0.6) is 5.75 Å². The molecule has 1 saturated carbocycles. The van der Waals surface area contributed by atoms with E-state index in [9.17, 15) is 4.79 Å². The molecule has 0 N–H and O–H groups in total. The number of aryl methyl sites for hydroxylation is 1. The van der Waals surface area contributed by atoms with Gasteiger partial charge in [0.1, 0.15) is 5.75 Å². The SMILES string of the molecule is CCOc1cc(C)c(Cl)c(C)c1C(=O)C1CC1. The molecule has 2 nitrogen and oxygen atoms in total. The Morgan fingerprint density at radius 1 is 1.47 bits per heavy atom. The number of rotatable bonds is 4. The first-order valence-electron chi connectivity index (χ1n) is 6.03. The molecule has 0 heterocycles. The van der Waals surface area contributed by atoms with Crippen LogP contribution >= 0.6 is 11.6 Å². The Labute approximate surface area is 107 Å². The average molecular weight is 253 g/mol. The van der Waals surface area contributed by atoms with Gasteiger partial charge in [0, 0.05) is 10.9 Å². The van der Waals surface area contributed by atoms with Gasteiger partial charge in [-0.2, -0.15) is 0 Å². The molecule has 0 atom stereocenters. The summed E-state index contributed by atoms with van der Waals surface area (Å²) in [5.74, 6) is 1.06. The third kappa shape index (κ3) is 2.32. The highest BCUT2D eigenvalue weighted by Gasteiger charge is 2.33. The fourth-order valence-electron chi connectivity index (χ4n) is 2.05. The number of carbonyl (C=O) groups excluding carboxylic acids is 1. The second kappa shape index (κ2) is 4.69. The van der Waals surface area contributed by atoms with Gasteiger partial charge in [0.05, 0.1) is 12.2 Å². The zero-order valence-corrected chi connectivity index (χ0v) is 11.2. The van der Waals surface area contributed by atoms with Gasteiger partial charge in [-0.1, -0.05) is 11.6 Å². The number of ether oxygens (including phenoxy) is 1. The molecule has 0 bridgehead atoms. The molecule has 0 amide bonds. The summed E-state index contributed by atoms with van der Waals surface area (Å²) in [4.78, 5) is 12.2. The van der Waals surface area contributed by atoms with E-state index in [0.717, 1.165) is 24.0 Å². The number of ketones is 1. The molecule has 1 aromatic carbocycles. The third-order valence-corrected chi connectivity index (χ3v) is 3.72. The molecule has 2 rings (SSSR count). The van der Waals surface area contributed by atoms with E-state index in [-0.39, 0.29) is 11.7 Å². The molecular weight excluding hydrogens is 236 g/mol. The van der Waals surface area contributed by atoms with Crippen molar-refractivity contribution >= 4 is 17.4 Å². The minimum atomic E-state index is 0.187. The Morgan fingerprint density at radius 3 is 2.65 bits per heavy atom. The largest absolute Gasteiger partial charge is 0.493 e. The van der Waals surface area contributed by atoms with Crippen molar-refractivity contribution < 1.29 is 9.53 Å². The molecule has 1 aliphatic carbocycles. The molecule has 17 heavy (non-hydrogen) atoms. The summed E-state index contributed by atoms with van der Waals surface area (Å²) in [5, 5.41) is 0.678. The first-order chi connectivity index (χ1) is 8.06. The monoisotopic (exact) mass is 252 g/mol. The van der Waals surface area contributed by atoms with E-state index in [1.165, 1.54) is 0 Å². The van der Waals surface area contributed by atoms with Gasteiger partial charge in [-0.25, -0.2) is 0 Å². The second-order valence-electron chi connectivity index (χ2n) is 4.58. The van der Waals surface area contributed by atoms with Crippen LogP contribution in [0.2, 0.25) is 5.02 Å². The lowest BCUT2D eigenvalue weighted by Gasteiger charge is -2.15. The molecule has 0 aromatic heterocycles. The topological polar surface area (TPSA) is 26.3 Å². The quantitative estimate of drug-likeness (QED) is 0.759. The summed E-state index contributed by atoms with van der Waals surface area (Å²) >= 11 is 6.22. The van der Waals surface area contributed by atoms with Crippen LogP contribution < -0.4 is 4.74 Å². The summed E-state index contributed by atoms with van der Waals surface area (Å²) < 4.78 is 5.57. The second-order valence-corrected chi connectivity index (χ2v) is 4.96. The summed E-state index contributed by atoms with van der Waals surface area (Å²) in [6, 6.07) is 1.87. The molecule has 0 spiro atoms. The summed E-state index contributed by atoms with van der Waals surface area (Å²) in [6.07, 6.45) is 1.99. The highest BCUT2D eigenvalue weighted by atomic mass is 35.5. The molecule has 0 aliphatic heterocycles. The Balaban J connectivity index is 2.52. The first kappa shape index (κ1) is 12.4. The lowest BCUT2D eigenvalue weighted by Crippen LogP contribution is -2.09. The van der Waals surface area contributed by atoms with Gasteiger partial charge in [0.15, 0.2) is 5.78 Å². The molecule has 0 unspecified atom stereocenters. The standard InChI is InChI=1S/C14H17ClO2/c1-4-17-11-7-8(2)13(15)9(3)12(11)14(16)10-5-6-10/h7,10H,4-6H2,1-3H3. The highest BCUT2D eigenvalue weighted by molar-refractivity contribution is 6.32. The average Bonchev–Trinajstić information content (AvgIpc) is 3.10. The third-order valence-electron chi connectivity index (χ3n) is 3.14. The lowest BCUT2D eigenvalue weighted by atomic mass is 9.98. The molecule has 0 saturated heterocycles. The van der Waals surface area contributed by atoms with Gasteiger partial charge >= 0.3 is 0 Å². The van der Waals surface area contributed by atoms with Gasteiger partial charge in [-0.3, -0.25) is 4.79 Å². The number of hydrogen-bond donors (Lipinski definition) is 0. The first-order valence-corrected chi connectivity index (χ1v) is 6.40. The van der Waals surface area contributed by atoms with Crippen molar-refractivity contribution in [1.82, 2.24) is 0 Å². The van der Waals surface area contributed by atoms with E-state index in [4.69, 9.17) is 16.3 Å². The van der Waals surface area contributed by atoms with Crippen molar-refractivity contribution in [2.24, 2.45) is 5.92 Å². The van der Waals surface area contributed by atoms with Gasteiger partial charge in [0.25, 0.3) is 0 Å². The van der Waals surface area contributed by atoms with E-state index in [2.05, 4.69) is 0 Å². The minimum absolute atomic E-state index is 0.187. The van der Waals surface area contributed by atoms with E-state index in [0.29, 0.717) is 22.9 Å². The van der Waals surface area contributed by atoms with Crippen LogP contribution in [-0.4, -0.2) is 12.4 Å². The minimum Gasteiger partial charge on any atom is -0.493 e. The molecule has 0 radical (unpaired) electrons. The van der Waals surface area contributed by atoms with E-state index in [1.807, 2.05) is 26.8 Å². The Kier molecular flexibility index (Phi) is 3.43. The van der Waals surface area contributed by atoms with Gasteiger partial charge in [-0.15, -0.1) is 0 Å². The predicted molar refractivity (Wildman–Crippen MR) is 69.1 cm³/mol. The number of halogens is 1. The van der Waals surface area contributed by atoms with Gasteiger partial charge in [-0.05, 0) is 50.8 Å². The molecular formula is C14H17ClO2. The maximum absolute atomic E-state index is 12.2. The van der Waals surface area contributed by atoms with Crippen molar-refractivity contribution in [2.45, 2.75) is 33.6 Å². The van der Waals surface area contributed by atoms with E-state index < -0.39 is 0 Å². The van der Waals surface area contributed by atoms with Crippen LogP contribution in [0, 0.1) is 19.8 Å². The Hall–Kier alpha value is -1.02. The van der Waals surface area contributed by atoms with Crippen molar-refractivity contribution in [2.75, 3.05) is 6.61 Å². The van der Waals surface area contributed by atoms with Crippen molar-refractivity contribution in [3.8, 4) is 5.75 Å². The summed E-state index contributed by atoms with van der Waals surface area (Å²) in [7, 11) is 0. The molecule has 1 aliphatic rings. The fourth-order valence-corrected chi connectivity index (χ4v) is 2.20. The number of Topliss-reactive ketones (excluding diaryl/α,β-unsaturated/α-hetero) is 1. The molecule has 3 heteroatoms. The van der Waals surface area contributed by atoms with Gasteiger partial charge < -0.3 is 4.74 Å². The van der Waals surface area contributed by atoms with E-state index in [1.54, 1.807) is 0 Å². The smallest absolute Gasteiger partial charge is 0.169 e. The lowest BCUT2D eigenvalue weighted by molar-refractivity contribution is 0.0963. The van der Waals surface area contributed by atoms with Crippen molar-refractivity contribution in [1.29, 1.82) is 0 Å². The fraction of sp³-hybridized carbons (Fsp3) is 0.500. The van der Waals surface area contributed by atoms with Gasteiger partial charge in [0.2, 0.25) is 0 Å². The zero-order valence-electron chi connectivity index (χ0n) is 10.5. The zero-order chi connectivity index (χ0) is 12.6. The molecule has 1 aromatic rings. The normalized spacial score (nSPS) is 14.8. The van der Waals surface area contributed by atoms with Crippen LogP contribution in [0.4, 0.5) is 0 Å². The Morgan fingerprint density at radius 2 is 2.12 bits per heavy atom. The van der Waals surface area contributed by atoms with Crippen LogP contribution in [0.15, 0.2) is 6.07 Å². The highest BCUT2D eigenvalue weighted by Crippen LogP contribution is 2.39. The molecule has 92 valence electrons. The summed E-state index contributed by atoms with van der Waals surface area (Å²) in [5.41, 5.74) is 2.50. The maximum Gasteiger partial charge on any atom is 0.169 e. The summed E-state index contributed by atoms with van der Waals surface area (Å²) in [6.45, 7) is 6.31. The van der Waals surface area contributed by atoms with E-state index >= 15 is 0 Å². The predicted octanol–water partition coefficient (Wildman–Crippen LogP) is 3.95. The van der Waals surface area contributed by atoms with Crippen LogP contribution in [0.25, 0.3) is 0 Å².